The van der Waals surface area contributed by atoms with E-state index in [1.54, 1.807) is 19.9 Å². The van der Waals surface area contributed by atoms with Crippen LogP contribution in [0.2, 0.25) is 0 Å². The van der Waals surface area contributed by atoms with Crippen molar-refractivity contribution in [3.8, 4) is 0 Å². The van der Waals surface area contributed by atoms with E-state index in [4.69, 9.17) is 9.05 Å². The van der Waals surface area contributed by atoms with Crippen LogP contribution < -0.4 is 4.31 Å². The molecule has 0 radical (unpaired) electrons. The van der Waals surface area contributed by atoms with Crippen LogP contribution in [-0.4, -0.2) is 27.1 Å². The molecule has 2 aromatic carbocycles. The van der Waals surface area contributed by atoms with Gasteiger partial charge in [-0.15, -0.1) is 0 Å². The Morgan fingerprint density at radius 2 is 1.45 bits per heavy atom. The van der Waals surface area contributed by atoms with Crippen LogP contribution in [0.5, 0.6) is 0 Å². The average molecular weight is 451 g/mol. The summed E-state index contributed by atoms with van der Waals surface area (Å²) in [6, 6.07) is 12.4. The molecule has 0 spiro atoms. The topological polar surface area (TPSA) is 72.9 Å². The molecule has 29 heavy (non-hydrogen) atoms. The first kappa shape index (κ1) is 23.4. The molecule has 0 saturated carbocycles. The Kier molecular flexibility index (Phi) is 7.50. The first-order chi connectivity index (χ1) is 13.6. The monoisotopic (exact) mass is 451 g/mol. The van der Waals surface area contributed by atoms with Gasteiger partial charge in [0, 0.05) is 0 Å². The molecule has 0 aliphatic heterocycles. The molecule has 0 atom stereocenters. The first-order valence-corrected chi connectivity index (χ1v) is 11.8. The Bertz CT molecular complexity index is 957. The molecule has 0 aromatic heterocycles. The van der Waals surface area contributed by atoms with Crippen LogP contribution in [0.4, 0.5) is 24.5 Å². The Balaban J connectivity index is 2.67. The minimum atomic E-state index is -5.79. The number of nitrogens with zero attached hydrogens (tertiary/aromatic N) is 1. The summed E-state index contributed by atoms with van der Waals surface area (Å²) in [6.07, 6.45) is -0.387. The molecule has 11 heteroatoms. The number of rotatable bonds is 9. The predicted molar refractivity (Wildman–Crippen MR) is 105 cm³/mol. The molecule has 0 amide bonds. The van der Waals surface area contributed by atoms with Crippen molar-refractivity contribution in [1.29, 1.82) is 0 Å². The van der Waals surface area contributed by atoms with Crippen molar-refractivity contribution in [2.75, 3.05) is 17.5 Å². The second-order valence-corrected chi connectivity index (χ2v) is 9.62. The van der Waals surface area contributed by atoms with Gasteiger partial charge in [-0.2, -0.15) is 21.6 Å². The third-order valence-electron chi connectivity index (χ3n) is 3.75. The lowest BCUT2D eigenvalue weighted by Gasteiger charge is -2.28. The predicted octanol–water partition coefficient (Wildman–Crippen LogP) is 5.44. The Morgan fingerprint density at radius 3 is 1.97 bits per heavy atom. The van der Waals surface area contributed by atoms with Crippen LogP contribution in [0.15, 0.2) is 54.6 Å². The SMILES string of the molecule is CCOP(=O)(Cc1ccccc1N(c1ccccc1)S(=O)(=O)C(F)(F)F)OCC. The van der Waals surface area contributed by atoms with Gasteiger partial charge < -0.3 is 9.05 Å². The van der Waals surface area contributed by atoms with Gasteiger partial charge in [0.25, 0.3) is 0 Å². The molecule has 0 unspecified atom stereocenters. The quantitative estimate of drug-likeness (QED) is 0.475. The van der Waals surface area contributed by atoms with Crippen LogP contribution in [0.3, 0.4) is 0 Å². The Morgan fingerprint density at radius 1 is 0.931 bits per heavy atom. The van der Waals surface area contributed by atoms with E-state index in [1.165, 1.54) is 48.5 Å². The highest BCUT2D eigenvalue weighted by molar-refractivity contribution is 7.94. The highest BCUT2D eigenvalue weighted by Crippen LogP contribution is 2.53. The molecule has 2 aromatic rings. The van der Waals surface area contributed by atoms with Gasteiger partial charge in [0.05, 0.1) is 30.8 Å². The first-order valence-electron chi connectivity index (χ1n) is 8.68. The Hall–Kier alpha value is -1.87. The third-order valence-corrected chi connectivity index (χ3v) is 7.25. The number of benzene rings is 2. The summed E-state index contributed by atoms with van der Waals surface area (Å²) in [5.41, 5.74) is -5.95. The minimum absolute atomic E-state index is 0.0582. The lowest BCUT2D eigenvalue weighted by Crippen LogP contribution is -2.38. The van der Waals surface area contributed by atoms with Gasteiger partial charge in [-0.1, -0.05) is 36.4 Å². The van der Waals surface area contributed by atoms with E-state index in [9.17, 15) is 26.2 Å². The lowest BCUT2D eigenvalue weighted by atomic mass is 10.2. The average Bonchev–Trinajstić information content (AvgIpc) is 2.63. The minimum Gasteiger partial charge on any atom is -0.309 e. The van der Waals surface area contributed by atoms with Gasteiger partial charge in [0.2, 0.25) is 0 Å². The van der Waals surface area contributed by atoms with Crippen LogP contribution in [-0.2, 0) is 29.8 Å². The van der Waals surface area contributed by atoms with E-state index in [1.807, 2.05) is 0 Å². The highest BCUT2D eigenvalue weighted by Gasteiger charge is 2.51. The number of para-hydroxylation sites is 2. The molecule has 6 nitrogen and oxygen atoms in total. The second kappa shape index (κ2) is 9.30. The van der Waals surface area contributed by atoms with E-state index in [0.717, 1.165) is 0 Å². The number of halogens is 3. The molecule has 0 N–H and O–H groups in total. The molecular formula is C18H21F3NO5PS. The summed E-state index contributed by atoms with van der Waals surface area (Å²) in [4.78, 5) is 0. The van der Waals surface area contributed by atoms with E-state index in [-0.39, 0.29) is 40.6 Å². The fraction of sp³-hybridized carbons (Fsp3) is 0.333. The van der Waals surface area contributed by atoms with Gasteiger partial charge >= 0.3 is 23.1 Å². The summed E-state index contributed by atoms with van der Waals surface area (Å²) in [5, 5.41) is 0. The normalized spacial score (nSPS) is 12.7. The maximum atomic E-state index is 13.4. The molecule has 0 aliphatic carbocycles. The zero-order chi connectivity index (χ0) is 21.7. The van der Waals surface area contributed by atoms with E-state index in [0.29, 0.717) is 0 Å². The van der Waals surface area contributed by atoms with Gasteiger partial charge in [-0.25, -0.2) is 4.31 Å². The largest absolute Gasteiger partial charge is 0.517 e. The van der Waals surface area contributed by atoms with Crippen LogP contribution in [0.1, 0.15) is 19.4 Å². The molecule has 160 valence electrons. The van der Waals surface area contributed by atoms with Gasteiger partial charge in [-0.05, 0) is 37.6 Å². The molecule has 0 saturated heterocycles. The van der Waals surface area contributed by atoms with E-state index >= 15 is 0 Å². The van der Waals surface area contributed by atoms with Crippen molar-refractivity contribution in [2.45, 2.75) is 25.5 Å². The van der Waals surface area contributed by atoms with Crippen molar-refractivity contribution < 1.29 is 35.2 Å². The standard InChI is InChI=1S/C18H21F3NO5PS/c1-3-26-28(23,27-4-2)14-15-10-8-9-13-17(15)22(16-11-6-5-7-12-16)29(24,25)18(19,20)21/h5-13H,3-4,14H2,1-2H3. The Labute approximate surface area is 167 Å². The zero-order valence-electron chi connectivity index (χ0n) is 15.8. The van der Waals surface area contributed by atoms with Crippen LogP contribution in [0, 0.1) is 0 Å². The van der Waals surface area contributed by atoms with Gasteiger partial charge in [0.1, 0.15) is 0 Å². The number of sulfonamides is 1. The summed E-state index contributed by atoms with van der Waals surface area (Å²) >= 11 is 0. The van der Waals surface area contributed by atoms with Crippen LogP contribution >= 0.6 is 7.60 Å². The second-order valence-electron chi connectivity index (χ2n) is 5.78. The van der Waals surface area contributed by atoms with Gasteiger partial charge in [-0.3, -0.25) is 4.57 Å². The summed E-state index contributed by atoms with van der Waals surface area (Å²) < 4.78 is 88.6. The number of anilines is 2. The fourth-order valence-electron chi connectivity index (χ4n) is 2.65. The van der Waals surface area contributed by atoms with Crippen molar-refractivity contribution in [1.82, 2.24) is 0 Å². The molecule has 0 fully saturated rings. The summed E-state index contributed by atoms with van der Waals surface area (Å²) in [7, 11) is -9.48. The fourth-order valence-corrected chi connectivity index (χ4v) is 5.42. The number of hydrogen-bond donors (Lipinski definition) is 0. The zero-order valence-corrected chi connectivity index (χ0v) is 17.5. The number of hydrogen-bond acceptors (Lipinski definition) is 5. The van der Waals surface area contributed by atoms with E-state index in [2.05, 4.69) is 0 Å². The smallest absolute Gasteiger partial charge is 0.309 e. The molecule has 0 bridgehead atoms. The van der Waals surface area contributed by atoms with Crippen molar-refractivity contribution in [2.24, 2.45) is 0 Å². The molecule has 2 rings (SSSR count). The molecule has 0 heterocycles. The van der Waals surface area contributed by atoms with Crippen molar-refractivity contribution >= 4 is 29.0 Å². The third kappa shape index (κ3) is 5.39. The van der Waals surface area contributed by atoms with Gasteiger partial charge in [0.15, 0.2) is 0 Å². The molecule has 0 aliphatic rings. The van der Waals surface area contributed by atoms with Crippen molar-refractivity contribution in [3.05, 3.63) is 60.2 Å². The summed E-state index contributed by atoms with van der Waals surface area (Å²) in [6.45, 7) is 3.31. The number of alkyl halides is 3. The maximum Gasteiger partial charge on any atom is 0.517 e. The maximum absolute atomic E-state index is 13.4. The highest BCUT2D eigenvalue weighted by atomic mass is 32.2. The molecular weight excluding hydrogens is 430 g/mol. The summed E-state index contributed by atoms with van der Waals surface area (Å²) in [5.74, 6) is 0. The lowest BCUT2D eigenvalue weighted by molar-refractivity contribution is -0.0435. The van der Waals surface area contributed by atoms with Crippen LogP contribution in [0.25, 0.3) is 0 Å². The van der Waals surface area contributed by atoms with Crippen molar-refractivity contribution in [3.63, 3.8) is 0 Å². The van der Waals surface area contributed by atoms with E-state index < -0.39 is 23.1 Å².